The number of benzene rings is 1. The SMILES string of the molecule is COc1ccc(-n2c(C)cc(C(=O)CSc3ncnc4sc(C)c(C)c34)c2C)cc1. The van der Waals surface area contributed by atoms with Crippen LogP contribution in [0, 0.1) is 27.7 Å². The summed E-state index contributed by atoms with van der Waals surface area (Å²) < 4.78 is 7.35. The van der Waals surface area contributed by atoms with Gasteiger partial charge in [-0.1, -0.05) is 11.8 Å². The van der Waals surface area contributed by atoms with Gasteiger partial charge in [-0.2, -0.15) is 0 Å². The smallest absolute Gasteiger partial charge is 0.174 e. The van der Waals surface area contributed by atoms with Crippen molar-refractivity contribution in [3.63, 3.8) is 0 Å². The van der Waals surface area contributed by atoms with Crippen LogP contribution in [-0.4, -0.2) is 33.2 Å². The Morgan fingerprint density at radius 3 is 2.57 bits per heavy atom. The van der Waals surface area contributed by atoms with E-state index in [9.17, 15) is 4.79 Å². The van der Waals surface area contributed by atoms with E-state index in [0.29, 0.717) is 5.75 Å². The molecule has 4 rings (SSSR count). The van der Waals surface area contributed by atoms with Gasteiger partial charge in [0, 0.05) is 32.9 Å². The van der Waals surface area contributed by atoms with Crippen molar-refractivity contribution in [1.29, 1.82) is 0 Å². The average Bonchev–Trinajstić information content (AvgIpc) is 3.21. The van der Waals surface area contributed by atoms with E-state index in [4.69, 9.17) is 4.74 Å². The Kier molecular flexibility index (Phi) is 5.66. The van der Waals surface area contributed by atoms with Gasteiger partial charge in [-0.15, -0.1) is 11.3 Å². The third-order valence-corrected chi connectivity index (χ3v) is 7.44. The molecule has 0 aliphatic carbocycles. The number of nitrogens with zero attached hydrogens (tertiary/aromatic N) is 3. The summed E-state index contributed by atoms with van der Waals surface area (Å²) in [6.07, 6.45) is 1.58. The highest BCUT2D eigenvalue weighted by atomic mass is 32.2. The maximum atomic E-state index is 13.1. The summed E-state index contributed by atoms with van der Waals surface area (Å²) in [5.74, 6) is 1.25. The second-order valence-corrected chi connectivity index (χ2v) is 9.34. The van der Waals surface area contributed by atoms with Crippen LogP contribution in [0.25, 0.3) is 15.9 Å². The zero-order chi connectivity index (χ0) is 21.4. The Labute approximate surface area is 184 Å². The number of methoxy groups -OCH3 is 1. The standard InChI is InChI=1S/C23H23N3O2S2/c1-13-10-19(15(3)26(13)17-6-8-18(28-5)9-7-17)20(27)11-29-22-21-14(2)16(4)30-23(21)25-12-24-22/h6-10,12H,11H2,1-5H3. The first-order valence-corrected chi connectivity index (χ1v) is 11.4. The molecule has 3 heterocycles. The van der Waals surface area contributed by atoms with Gasteiger partial charge < -0.3 is 9.30 Å². The van der Waals surface area contributed by atoms with Crippen LogP contribution < -0.4 is 4.74 Å². The molecule has 7 heteroatoms. The summed E-state index contributed by atoms with van der Waals surface area (Å²) in [6, 6.07) is 9.83. The molecule has 0 atom stereocenters. The quantitative estimate of drug-likeness (QED) is 0.220. The Morgan fingerprint density at radius 2 is 1.87 bits per heavy atom. The van der Waals surface area contributed by atoms with Gasteiger partial charge in [-0.05, 0) is 63.6 Å². The minimum atomic E-state index is 0.101. The van der Waals surface area contributed by atoms with Crippen molar-refractivity contribution in [3.8, 4) is 11.4 Å². The Balaban J connectivity index is 1.59. The van der Waals surface area contributed by atoms with Crippen LogP contribution in [0.2, 0.25) is 0 Å². The lowest BCUT2D eigenvalue weighted by atomic mass is 10.2. The van der Waals surface area contributed by atoms with Gasteiger partial charge in [0.15, 0.2) is 5.78 Å². The molecule has 1 aromatic carbocycles. The lowest BCUT2D eigenvalue weighted by Gasteiger charge is -2.10. The Bertz CT molecular complexity index is 1240. The number of ketones is 1. The van der Waals surface area contributed by atoms with Crippen LogP contribution in [-0.2, 0) is 0 Å². The van der Waals surface area contributed by atoms with Gasteiger partial charge >= 0.3 is 0 Å². The fraction of sp³-hybridized carbons (Fsp3) is 0.261. The largest absolute Gasteiger partial charge is 0.497 e. The summed E-state index contributed by atoms with van der Waals surface area (Å²) in [4.78, 5) is 24.1. The predicted molar refractivity (Wildman–Crippen MR) is 124 cm³/mol. The van der Waals surface area contributed by atoms with Crippen LogP contribution in [0.3, 0.4) is 0 Å². The van der Waals surface area contributed by atoms with Crippen molar-refractivity contribution in [2.24, 2.45) is 0 Å². The monoisotopic (exact) mass is 437 g/mol. The molecule has 0 bridgehead atoms. The average molecular weight is 438 g/mol. The number of thioether (sulfide) groups is 1. The molecule has 0 saturated heterocycles. The van der Waals surface area contributed by atoms with Gasteiger partial charge in [-0.25, -0.2) is 9.97 Å². The van der Waals surface area contributed by atoms with Crippen LogP contribution in [0.5, 0.6) is 5.75 Å². The number of ether oxygens (including phenoxy) is 1. The summed E-state index contributed by atoms with van der Waals surface area (Å²) in [7, 11) is 1.65. The maximum absolute atomic E-state index is 13.1. The van der Waals surface area contributed by atoms with Crippen LogP contribution in [0.15, 0.2) is 41.7 Å². The van der Waals surface area contributed by atoms with Gasteiger partial charge in [0.05, 0.1) is 12.9 Å². The molecule has 5 nitrogen and oxygen atoms in total. The van der Waals surface area contributed by atoms with Crippen molar-refractivity contribution in [2.45, 2.75) is 32.7 Å². The van der Waals surface area contributed by atoms with Crippen molar-refractivity contribution in [2.75, 3.05) is 12.9 Å². The van der Waals surface area contributed by atoms with E-state index in [1.54, 1.807) is 24.8 Å². The number of Topliss-reactive ketones (excluding diaryl/α,β-unsaturated/α-hetero) is 1. The fourth-order valence-corrected chi connectivity index (χ4v) is 5.65. The number of hydrogen-bond donors (Lipinski definition) is 0. The molecule has 0 fully saturated rings. The minimum Gasteiger partial charge on any atom is -0.497 e. The van der Waals surface area contributed by atoms with E-state index in [1.165, 1.54) is 22.2 Å². The maximum Gasteiger partial charge on any atom is 0.174 e. The fourth-order valence-electron chi connectivity index (χ4n) is 3.64. The number of carbonyl (C=O) groups excluding carboxylic acids is 1. The third kappa shape index (κ3) is 3.63. The molecule has 0 spiro atoms. The lowest BCUT2D eigenvalue weighted by molar-refractivity contribution is 0.102. The minimum absolute atomic E-state index is 0.101. The van der Waals surface area contributed by atoms with E-state index in [2.05, 4.69) is 28.4 Å². The molecule has 0 N–H and O–H groups in total. The highest BCUT2D eigenvalue weighted by Gasteiger charge is 2.19. The predicted octanol–water partition coefficient (Wildman–Crippen LogP) is 5.70. The second-order valence-electron chi connectivity index (χ2n) is 7.17. The lowest BCUT2D eigenvalue weighted by Crippen LogP contribution is -2.06. The molecule has 154 valence electrons. The number of fused-ring (bicyclic) bond motifs is 1. The molecule has 3 aromatic heterocycles. The normalized spacial score (nSPS) is 11.2. The van der Waals surface area contributed by atoms with Crippen LogP contribution in [0.1, 0.15) is 32.2 Å². The van der Waals surface area contributed by atoms with Crippen molar-refractivity contribution < 1.29 is 9.53 Å². The van der Waals surface area contributed by atoms with Crippen LogP contribution in [0.4, 0.5) is 0 Å². The number of thiophene rings is 1. The van der Waals surface area contributed by atoms with Crippen molar-refractivity contribution in [3.05, 3.63) is 64.1 Å². The van der Waals surface area contributed by atoms with E-state index < -0.39 is 0 Å². The number of carbonyl (C=O) groups is 1. The molecule has 0 saturated carbocycles. The zero-order valence-electron chi connectivity index (χ0n) is 17.6. The zero-order valence-corrected chi connectivity index (χ0v) is 19.3. The van der Waals surface area contributed by atoms with Gasteiger partial charge in [-0.3, -0.25) is 4.79 Å². The summed E-state index contributed by atoms with van der Waals surface area (Å²) in [5.41, 5.74) is 4.93. The molecule has 0 aliphatic rings. The number of hydrogen-bond acceptors (Lipinski definition) is 6. The van der Waals surface area contributed by atoms with E-state index >= 15 is 0 Å². The highest BCUT2D eigenvalue weighted by Crippen LogP contribution is 2.35. The molecule has 0 unspecified atom stereocenters. The first-order valence-electron chi connectivity index (χ1n) is 9.60. The van der Waals surface area contributed by atoms with Gasteiger partial charge in [0.1, 0.15) is 21.9 Å². The molecule has 4 aromatic rings. The molecule has 0 radical (unpaired) electrons. The van der Waals surface area contributed by atoms with Crippen LogP contribution >= 0.6 is 23.1 Å². The Morgan fingerprint density at radius 1 is 1.13 bits per heavy atom. The van der Waals surface area contributed by atoms with Gasteiger partial charge in [0.25, 0.3) is 0 Å². The number of aryl methyl sites for hydroxylation is 3. The van der Waals surface area contributed by atoms with E-state index in [0.717, 1.165) is 43.6 Å². The molecule has 0 aliphatic heterocycles. The Hall–Kier alpha value is -2.64. The molecular weight excluding hydrogens is 414 g/mol. The van der Waals surface area contributed by atoms with Gasteiger partial charge in [0.2, 0.25) is 0 Å². The highest BCUT2D eigenvalue weighted by molar-refractivity contribution is 8.00. The molecule has 0 amide bonds. The topological polar surface area (TPSA) is 57.0 Å². The van der Waals surface area contributed by atoms with E-state index in [-0.39, 0.29) is 5.78 Å². The van der Waals surface area contributed by atoms with E-state index in [1.807, 2.05) is 44.2 Å². The van der Waals surface area contributed by atoms with Crippen molar-refractivity contribution in [1.82, 2.24) is 14.5 Å². The number of aromatic nitrogens is 3. The first-order chi connectivity index (χ1) is 14.4. The number of rotatable bonds is 6. The summed E-state index contributed by atoms with van der Waals surface area (Å²) in [6.45, 7) is 8.19. The molecule has 30 heavy (non-hydrogen) atoms. The van der Waals surface area contributed by atoms with Crippen molar-refractivity contribution >= 4 is 39.1 Å². The summed E-state index contributed by atoms with van der Waals surface area (Å²) in [5, 5.41) is 1.95. The molecular formula is C23H23N3O2S2. The third-order valence-electron chi connectivity index (χ3n) is 5.33. The second kappa shape index (κ2) is 8.24. The summed E-state index contributed by atoms with van der Waals surface area (Å²) >= 11 is 3.15. The first kappa shape index (κ1) is 20.6.